The highest BCUT2D eigenvalue weighted by Crippen LogP contribution is 2.35. The monoisotopic (exact) mass is 385 g/mol. The highest BCUT2D eigenvalue weighted by Gasteiger charge is 2.31. The van der Waals surface area contributed by atoms with E-state index in [4.69, 9.17) is 5.73 Å². The Kier molecular flexibility index (Phi) is 5.45. The highest BCUT2D eigenvalue weighted by atomic mass is 32.2. The lowest BCUT2D eigenvalue weighted by atomic mass is 10.1. The van der Waals surface area contributed by atoms with Gasteiger partial charge in [0.1, 0.15) is 9.21 Å². The fourth-order valence-corrected chi connectivity index (χ4v) is 6.45. The van der Waals surface area contributed by atoms with Crippen LogP contribution in [0.3, 0.4) is 0 Å². The molecule has 0 bridgehead atoms. The maximum Gasteiger partial charge on any atom is 0.252 e. The number of primary amides is 1. The van der Waals surface area contributed by atoms with Crippen molar-refractivity contribution < 1.29 is 18.0 Å². The molecule has 1 saturated heterocycles. The van der Waals surface area contributed by atoms with Crippen molar-refractivity contribution in [2.45, 2.75) is 49.2 Å². The van der Waals surface area contributed by atoms with Crippen LogP contribution >= 0.6 is 11.3 Å². The van der Waals surface area contributed by atoms with Crippen LogP contribution in [-0.4, -0.2) is 37.6 Å². The topological polar surface area (TPSA) is 110 Å². The zero-order chi connectivity index (χ0) is 18.0. The summed E-state index contributed by atoms with van der Waals surface area (Å²) in [6.07, 6.45) is 6.35. The van der Waals surface area contributed by atoms with E-state index in [1.54, 1.807) is 0 Å². The van der Waals surface area contributed by atoms with E-state index >= 15 is 0 Å². The minimum atomic E-state index is -3.66. The number of nitrogens with one attached hydrogen (secondary N) is 1. The molecule has 1 saturated carbocycles. The van der Waals surface area contributed by atoms with Crippen molar-refractivity contribution in [3.05, 3.63) is 11.6 Å². The van der Waals surface area contributed by atoms with Crippen LogP contribution < -0.4 is 11.1 Å². The van der Waals surface area contributed by atoms with Gasteiger partial charge in [0.15, 0.2) is 0 Å². The molecule has 0 unspecified atom stereocenters. The van der Waals surface area contributed by atoms with E-state index in [2.05, 4.69) is 5.32 Å². The van der Waals surface area contributed by atoms with Crippen LogP contribution in [-0.2, 0) is 14.8 Å². The van der Waals surface area contributed by atoms with Crippen molar-refractivity contribution in [3.8, 4) is 0 Å². The standard InChI is InChI=1S/C16H23N3O4S2/c17-14(20)12-10-13(25(22,23)19-8-4-1-5-9-19)24-16(12)18-15(21)11-6-2-3-7-11/h10-11H,1-9H2,(H2,17,20)(H,18,21). The van der Waals surface area contributed by atoms with Gasteiger partial charge in [0.25, 0.3) is 15.9 Å². The zero-order valence-corrected chi connectivity index (χ0v) is 15.6. The fraction of sp³-hybridized carbons (Fsp3) is 0.625. The van der Waals surface area contributed by atoms with E-state index in [1.807, 2.05) is 0 Å². The summed E-state index contributed by atoms with van der Waals surface area (Å²) in [5.41, 5.74) is 5.45. The van der Waals surface area contributed by atoms with Gasteiger partial charge in [0.2, 0.25) is 5.91 Å². The molecule has 0 spiro atoms. The minimum absolute atomic E-state index is 0.0601. The van der Waals surface area contributed by atoms with E-state index < -0.39 is 15.9 Å². The molecule has 1 aliphatic heterocycles. The van der Waals surface area contributed by atoms with Gasteiger partial charge in [-0.1, -0.05) is 19.3 Å². The second-order valence-corrected chi connectivity index (χ2v) is 9.82. The maximum absolute atomic E-state index is 12.8. The summed E-state index contributed by atoms with van der Waals surface area (Å²) in [6.45, 7) is 0.964. The quantitative estimate of drug-likeness (QED) is 0.809. The lowest BCUT2D eigenvalue weighted by molar-refractivity contribution is -0.119. The number of hydrogen-bond acceptors (Lipinski definition) is 5. The van der Waals surface area contributed by atoms with Gasteiger partial charge in [0.05, 0.1) is 5.56 Å². The molecule has 3 rings (SSSR count). The molecule has 0 radical (unpaired) electrons. The first-order chi connectivity index (χ1) is 11.9. The summed E-state index contributed by atoms with van der Waals surface area (Å²) in [5.74, 6) is -0.980. The van der Waals surface area contributed by atoms with E-state index in [9.17, 15) is 18.0 Å². The van der Waals surface area contributed by atoms with Crippen LogP contribution in [0, 0.1) is 5.92 Å². The predicted molar refractivity (Wildman–Crippen MR) is 96.0 cm³/mol. The van der Waals surface area contributed by atoms with Gasteiger partial charge in [0, 0.05) is 19.0 Å². The van der Waals surface area contributed by atoms with Crippen molar-refractivity contribution in [1.82, 2.24) is 4.31 Å². The second-order valence-electron chi connectivity index (χ2n) is 6.61. The summed E-state index contributed by atoms with van der Waals surface area (Å²) in [6, 6.07) is 1.29. The first-order valence-electron chi connectivity index (χ1n) is 8.64. The number of hydrogen-bond donors (Lipinski definition) is 2. The van der Waals surface area contributed by atoms with Gasteiger partial charge < -0.3 is 11.1 Å². The normalized spacial score (nSPS) is 19.8. The molecule has 9 heteroatoms. The number of anilines is 1. The first kappa shape index (κ1) is 18.3. The molecular weight excluding hydrogens is 362 g/mol. The Labute approximate surface area is 151 Å². The molecule has 138 valence electrons. The average Bonchev–Trinajstić information content (AvgIpc) is 3.25. The number of nitrogens with two attached hydrogens (primary N) is 1. The number of nitrogens with zero attached hydrogens (tertiary/aromatic N) is 1. The predicted octanol–water partition coefficient (Wildman–Crippen LogP) is 2.15. The molecule has 1 aromatic heterocycles. The zero-order valence-electron chi connectivity index (χ0n) is 14.0. The van der Waals surface area contributed by atoms with Crippen LogP contribution in [0.4, 0.5) is 5.00 Å². The molecule has 3 N–H and O–H groups in total. The van der Waals surface area contributed by atoms with Gasteiger partial charge in [-0.25, -0.2) is 8.42 Å². The van der Waals surface area contributed by atoms with Gasteiger partial charge in [-0.05, 0) is 31.7 Å². The second kappa shape index (κ2) is 7.43. The molecule has 1 aromatic rings. The Hall–Kier alpha value is -1.45. The number of sulfonamides is 1. The van der Waals surface area contributed by atoms with Gasteiger partial charge in [-0.15, -0.1) is 11.3 Å². The Morgan fingerprint density at radius 2 is 1.76 bits per heavy atom. The van der Waals surface area contributed by atoms with E-state index in [0.717, 1.165) is 56.3 Å². The van der Waals surface area contributed by atoms with Gasteiger partial charge in [-0.3, -0.25) is 9.59 Å². The third-order valence-electron chi connectivity index (χ3n) is 4.85. The van der Waals surface area contributed by atoms with Crippen LogP contribution in [0.1, 0.15) is 55.3 Å². The molecule has 2 aliphatic rings. The Morgan fingerprint density at radius 3 is 2.36 bits per heavy atom. The smallest absolute Gasteiger partial charge is 0.252 e. The molecular formula is C16H23N3O4S2. The van der Waals surface area contributed by atoms with Crippen molar-refractivity contribution in [2.24, 2.45) is 11.7 Å². The molecule has 2 amide bonds. The molecule has 0 atom stereocenters. The van der Waals surface area contributed by atoms with E-state index in [-0.39, 0.29) is 26.6 Å². The Balaban J connectivity index is 1.86. The summed E-state index contributed by atoms with van der Waals surface area (Å²) in [5, 5.41) is 2.96. The number of rotatable bonds is 5. The molecule has 25 heavy (non-hydrogen) atoms. The molecule has 2 heterocycles. The van der Waals surface area contributed by atoms with Crippen molar-refractivity contribution >= 4 is 38.2 Å². The van der Waals surface area contributed by atoms with E-state index in [1.165, 1.54) is 10.4 Å². The highest BCUT2D eigenvalue weighted by molar-refractivity contribution is 7.91. The maximum atomic E-state index is 12.8. The summed E-state index contributed by atoms with van der Waals surface area (Å²) in [4.78, 5) is 24.0. The minimum Gasteiger partial charge on any atom is -0.366 e. The average molecular weight is 386 g/mol. The lowest BCUT2D eigenvalue weighted by Gasteiger charge is -2.25. The fourth-order valence-electron chi connectivity index (χ4n) is 3.41. The van der Waals surface area contributed by atoms with Crippen LogP contribution in [0.15, 0.2) is 10.3 Å². The molecule has 2 fully saturated rings. The van der Waals surface area contributed by atoms with Crippen LogP contribution in [0.5, 0.6) is 0 Å². The number of piperidine rings is 1. The van der Waals surface area contributed by atoms with Crippen molar-refractivity contribution in [1.29, 1.82) is 0 Å². The Morgan fingerprint density at radius 1 is 1.12 bits per heavy atom. The first-order valence-corrected chi connectivity index (χ1v) is 10.9. The SMILES string of the molecule is NC(=O)c1cc(S(=O)(=O)N2CCCCC2)sc1NC(=O)C1CCCC1. The summed E-state index contributed by atoms with van der Waals surface area (Å²) < 4.78 is 27.1. The third-order valence-corrected chi connectivity index (χ3v) is 8.25. The number of carbonyl (C=O) groups is 2. The summed E-state index contributed by atoms with van der Waals surface area (Å²) in [7, 11) is -3.66. The largest absolute Gasteiger partial charge is 0.366 e. The van der Waals surface area contributed by atoms with Gasteiger partial charge >= 0.3 is 0 Å². The van der Waals surface area contributed by atoms with Crippen LogP contribution in [0.2, 0.25) is 0 Å². The number of thiophene rings is 1. The van der Waals surface area contributed by atoms with Crippen LogP contribution in [0.25, 0.3) is 0 Å². The number of carbonyl (C=O) groups excluding carboxylic acids is 2. The molecule has 7 nitrogen and oxygen atoms in total. The van der Waals surface area contributed by atoms with E-state index in [0.29, 0.717) is 13.1 Å². The third kappa shape index (κ3) is 3.88. The number of amides is 2. The van der Waals surface area contributed by atoms with Gasteiger partial charge in [-0.2, -0.15) is 4.31 Å². The molecule has 0 aromatic carbocycles. The molecule has 1 aliphatic carbocycles. The van der Waals surface area contributed by atoms with Crippen molar-refractivity contribution in [2.75, 3.05) is 18.4 Å². The Bertz CT molecular complexity index is 760. The van der Waals surface area contributed by atoms with Crippen molar-refractivity contribution in [3.63, 3.8) is 0 Å². The lowest BCUT2D eigenvalue weighted by Crippen LogP contribution is -2.35. The summed E-state index contributed by atoms with van der Waals surface area (Å²) >= 11 is 0.913.